The van der Waals surface area contributed by atoms with E-state index in [-0.39, 0.29) is 0 Å². The number of aromatic nitrogens is 2. The first-order valence-corrected chi connectivity index (χ1v) is 7.57. The maximum absolute atomic E-state index is 4.62. The van der Waals surface area contributed by atoms with Crippen molar-refractivity contribution in [3.05, 3.63) is 47.9 Å². The van der Waals surface area contributed by atoms with Gasteiger partial charge in [0.2, 0.25) is 0 Å². The molecule has 108 valence electrons. The van der Waals surface area contributed by atoms with Crippen molar-refractivity contribution in [3.63, 3.8) is 0 Å². The first-order chi connectivity index (χ1) is 9.74. The number of unbranched alkanes of at least 4 members (excludes halogenated alkanes) is 1. The lowest BCUT2D eigenvalue weighted by molar-refractivity contribution is 0.270. The lowest BCUT2D eigenvalue weighted by Crippen LogP contribution is -2.25. The largest absolute Gasteiger partial charge is 0.304 e. The second-order valence-electron chi connectivity index (χ2n) is 5.23. The van der Waals surface area contributed by atoms with Gasteiger partial charge in [-0.15, -0.1) is 0 Å². The van der Waals surface area contributed by atoms with Crippen molar-refractivity contribution in [2.24, 2.45) is 0 Å². The molecule has 0 aromatic carbocycles. The molecule has 0 aliphatic heterocycles. The van der Waals surface area contributed by atoms with E-state index in [4.69, 9.17) is 0 Å². The molecular formula is C17H25N3. The molecule has 2 aromatic rings. The van der Waals surface area contributed by atoms with Crippen molar-refractivity contribution in [2.75, 3.05) is 13.1 Å². The molecule has 0 N–H and O–H groups in total. The van der Waals surface area contributed by atoms with Gasteiger partial charge in [-0.05, 0) is 50.7 Å². The summed E-state index contributed by atoms with van der Waals surface area (Å²) in [5.74, 6) is 1.01. The van der Waals surface area contributed by atoms with Gasteiger partial charge in [-0.2, -0.15) is 0 Å². The molecule has 2 aromatic heterocycles. The van der Waals surface area contributed by atoms with E-state index in [1.54, 1.807) is 0 Å². The van der Waals surface area contributed by atoms with Crippen molar-refractivity contribution in [1.29, 1.82) is 0 Å². The highest BCUT2D eigenvalue weighted by molar-refractivity contribution is 5.29. The van der Waals surface area contributed by atoms with E-state index in [0.29, 0.717) is 0 Å². The third-order valence-electron chi connectivity index (χ3n) is 3.61. The molecule has 0 bridgehead atoms. The Labute approximate surface area is 122 Å². The fourth-order valence-electron chi connectivity index (χ4n) is 2.39. The molecular weight excluding hydrogens is 246 g/mol. The zero-order chi connectivity index (χ0) is 14.4. The molecule has 0 fully saturated rings. The number of rotatable bonds is 7. The van der Waals surface area contributed by atoms with E-state index in [9.17, 15) is 0 Å². The minimum atomic E-state index is 0.985. The van der Waals surface area contributed by atoms with Crippen molar-refractivity contribution in [2.45, 2.75) is 40.2 Å². The molecule has 2 rings (SSSR count). The van der Waals surface area contributed by atoms with Crippen molar-refractivity contribution < 1.29 is 0 Å². The molecule has 3 nitrogen and oxygen atoms in total. The zero-order valence-corrected chi connectivity index (χ0v) is 12.8. The molecule has 0 aliphatic carbocycles. The SMILES string of the molecule is CCCCN(CC)Cc1cccn1-c1cccc(C)n1. The predicted molar refractivity (Wildman–Crippen MR) is 84.2 cm³/mol. The summed E-state index contributed by atoms with van der Waals surface area (Å²) in [5.41, 5.74) is 2.36. The van der Waals surface area contributed by atoms with Gasteiger partial charge in [0.25, 0.3) is 0 Å². The monoisotopic (exact) mass is 271 g/mol. The van der Waals surface area contributed by atoms with Crippen LogP contribution in [0.4, 0.5) is 0 Å². The van der Waals surface area contributed by atoms with Crippen LogP contribution in [-0.2, 0) is 6.54 Å². The average molecular weight is 271 g/mol. The first-order valence-electron chi connectivity index (χ1n) is 7.57. The van der Waals surface area contributed by atoms with Crippen LogP contribution in [0.3, 0.4) is 0 Å². The van der Waals surface area contributed by atoms with Gasteiger partial charge in [-0.1, -0.05) is 26.3 Å². The average Bonchev–Trinajstić information content (AvgIpc) is 2.91. The van der Waals surface area contributed by atoms with Crippen LogP contribution in [0.1, 0.15) is 38.1 Å². The molecule has 3 heteroatoms. The normalized spacial score (nSPS) is 11.2. The van der Waals surface area contributed by atoms with Gasteiger partial charge in [0.1, 0.15) is 5.82 Å². The summed E-state index contributed by atoms with van der Waals surface area (Å²) in [6, 6.07) is 10.5. The van der Waals surface area contributed by atoms with Gasteiger partial charge in [0.15, 0.2) is 0 Å². The summed E-state index contributed by atoms with van der Waals surface area (Å²) < 4.78 is 2.20. The smallest absolute Gasteiger partial charge is 0.137 e. The summed E-state index contributed by atoms with van der Waals surface area (Å²) in [6.45, 7) is 9.75. The third kappa shape index (κ3) is 3.70. The van der Waals surface area contributed by atoms with E-state index in [1.807, 2.05) is 13.0 Å². The molecule has 0 saturated carbocycles. The molecule has 0 atom stereocenters. The van der Waals surface area contributed by atoms with Crippen LogP contribution in [0.2, 0.25) is 0 Å². The number of pyridine rings is 1. The van der Waals surface area contributed by atoms with Crippen LogP contribution in [0.25, 0.3) is 5.82 Å². The standard InChI is InChI=1S/C17H25N3/c1-4-6-12-19(5-2)14-16-10-8-13-20(16)17-11-7-9-15(3)18-17/h7-11,13H,4-6,12,14H2,1-3H3. The molecule has 0 radical (unpaired) electrons. The molecule has 0 amide bonds. The van der Waals surface area contributed by atoms with Crippen molar-refractivity contribution in [1.82, 2.24) is 14.5 Å². The van der Waals surface area contributed by atoms with Crippen LogP contribution >= 0.6 is 0 Å². The lowest BCUT2D eigenvalue weighted by Gasteiger charge is -2.21. The molecule has 20 heavy (non-hydrogen) atoms. The fraction of sp³-hybridized carbons (Fsp3) is 0.471. The van der Waals surface area contributed by atoms with Crippen LogP contribution in [0.5, 0.6) is 0 Å². The molecule has 0 unspecified atom stereocenters. The highest BCUT2D eigenvalue weighted by Crippen LogP contribution is 2.13. The summed E-state index contributed by atoms with van der Waals surface area (Å²) >= 11 is 0. The number of aryl methyl sites for hydroxylation is 1. The van der Waals surface area contributed by atoms with Crippen LogP contribution in [0.15, 0.2) is 36.5 Å². The number of hydrogen-bond donors (Lipinski definition) is 0. The number of hydrogen-bond acceptors (Lipinski definition) is 2. The Morgan fingerprint density at radius 2 is 2.00 bits per heavy atom. The maximum atomic E-state index is 4.62. The van der Waals surface area contributed by atoms with E-state index >= 15 is 0 Å². The lowest BCUT2D eigenvalue weighted by atomic mass is 10.3. The highest BCUT2D eigenvalue weighted by Gasteiger charge is 2.09. The van der Waals surface area contributed by atoms with Gasteiger partial charge >= 0.3 is 0 Å². The summed E-state index contributed by atoms with van der Waals surface area (Å²) in [5, 5.41) is 0. The highest BCUT2D eigenvalue weighted by atomic mass is 15.2. The summed E-state index contributed by atoms with van der Waals surface area (Å²) in [4.78, 5) is 7.11. The van der Waals surface area contributed by atoms with Crippen LogP contribution < -0.4 is 0 Å². The van der Waals surface area contributed by atoms with Gasteiger partial charge in [-0.25, -0.2) is 4.98 Å². The van der Waals surface area contributed by atoms with Crippen molar-refractivity contribution in [3.8, 4) is 5.82 Å². The summed E-state index contributed by atoms with van der Waals surface area (Å²) in [7, 11) is 0. The second-order valence-corrected chi connectivity index (χ2v) is 5.23. The van der Waals surface area contributed by atoms with E-state index < -0.39 is 0 Å². The molecule has 0 aliphatic rings. The molecule has 0 spiro atoms. The van der Waals surface area contributed by atoms with Gasteiger partial charge in [-0.3, -0.25) is 4.90 Å². The van der Waals surface area contributed by atoms with Gasteiger partial charge in [0, 0.05) is 24.1 Å². The van der Waals surface area contributed by atoms with E-state index in [0.717, 1.165) is 24.6 Å². The third-order valence-corrected chi connectivity index (χ3v) is 3.61. The van der Waals surface area contributed by atoms with Gasteiger partial charge < -0.3 is 4.57 Å². The molecule has 2 heterocycles. The Hall–Kier alpha value is -1.61. The Bertz CT molecular complexity index is 531. The Balaban J connectivity index is 2.16. The predicted octanol–water partition coefficient (Wildman–Crippen LogP) is 3.80. The zero-order valence-electron chi connectivity index (χ0n) is 12.8. The van der Waals surface area contributed by atoms with E-state index in [1.165, 1.54) is 25.1 Å². The Morgan fingerprint density at radius 1 is 1.15 bits per heavy atom. The second kappa shape index (κ2) is 7.25. The van der Waals surface area contributed by atoms with Gasteiger partial charge in [0.05, 0.1) is 0 Å². The first kappa shape index (κ1) is 14.8. The van der Waals surface area contributed by atoms with Crippen molar-refractivity contribution >= 4 is 0 Å². The topological polar surface area (TPSA) is 21.1 Å². The summed E-state index contributed by atoms with van der Waals surface area (Å²) in [6.07, 6.45) is 4.61. The Morgan fingerprint density at radius 3 is 2.70 bits per heavy atom. The minimum absolute atomic E-state index is 0.985. The molecule has 0 saturated heterocycles. The fourth-order valence-corrected chi connectivity index (χ4v) is 2.39. The van der Waals surface area contributed by atoms with E-state index in [2.05, 4.69) is 58.8 Å². The minimum Gasteiger partial charge on any atom is -0.304 e. The quantitative estimate of drug-likeness (QED) is 0.763. The number of nitrogens with zero attached hydrogens (tertiary/aromatic N) is 3. The Kier molecular flexibility index (Phi) is 5.36. The van der Waals surface area contributed by atoms with Crippen LogP contribution in [-0.4, -0.2) is 27.5 Å². The maximum Gasteiger partial charge on any atom is 0.137 e. The van der Waals surface area contributed by atoms with Crippen LogP contribution in [0, 0.1) is 6.92 Å².